The molecule has 1 aromatic rings. The van der Waals surface area contributed by atoms with Crippen molar-refractivity contribution in [2.45, 2.75) is 12.8 Å². The summed E-state index contributed by atoms with van der Waals surface area (Å²) < 4.78 is 1.06. The van der Waals surface area contributed by atoms with Crippen LogP contribution in [0.3, 0.4) is 0 Å². The zero-order chi connectivity index (χ0) is 10.6. The summed E-state index contributed by atoms with van der Waals surface area (Å²) in [5.41, 5.74) is 6.89. The van der Waals surface area contributed by atoms with Crippen LogP contribution in [0.5, 0.6) is 0 Å². The summed E-state index contributed by atoms with van der Waals surface area (Å²) in [7, 11) is 0. The van der Waals surface area contributed by atoms with Crippen LogP contribution >= 0.6 is 15.9 Å². The molecule has 0 amide bonds. The monoisotopic (exact) mass is 257 g/mol. The van der Waals surface area contributed by atoms with E-state index >= 15 is 0 Å². The first kappa shape index (κ1) is 11.7. The molecule has 0 heterocycles. The number of hydrogen-bond donors (Lipinski definition) is 2. The van der Waals surface area contributed by atoms with Gasteiger partial charge in [0.2, 0.25) is 0 Å². The van der Waals surface area contributed by atoms with Crippen molar-refractivity contribution in [1.82, 2.24) is 0 Å². The van der Waals surface area contributed by atoms with Gasteiger partial charge in [0.25, 0.3) is 0 Å². The maximum Gasteiger partial charge on any atom is 0.0462 e. The van der Waals surface area contributed by atoms with Crippen LogP contribution in [0.2, 0.25) is 0 Å². The molecule has 0 spiro atoms. The second-order valence-corrected chi connectivity index (χ2v) is 4.47. The van der Waals surface area contributed by atoms with E-state index in [1.165, 1.54) is 5.56 Å². The molecule has 1 rings (SSSR count). The lowest BCUT2D eigenvalue weighted by Crippen LogP contribution is -2.21. The molecule has 2 atom stereocenters. The molecule has 2 nitrogen and oxygen atoms in total. The molecule has 3 N–H and O–H groups in total. The molecular weight excluding hydrogens is 242 g/mol. The summed E-state index contributed by atoms with van der Waals surface area (Å²) in [6.45, 7) is 2.76. The Morgan fingerprint density at radius 1 is 1.36 bits per heavy atom. The van der Waals surface area contributed by atoms with E-state index in [0.29, 0.717) is 6.54 Å². The average molecular weight is 258 g/mol. The molecule has 0 saturated carbocycles. The van der Waals surface area contributed by atoms with Gasteiger partial charge in [-0.25, -0.2) is 0 Å². The van der Waals surface area contributed by atoms with Crippen molar-refractivity contribution in [1.29, 1.82) is 0 Å². The van der Waals surface area contributed by atoms with Crippen LogP contribution < -0.4 is 5.73 Å². The molecule has 0 unspecified atom stereocenters. The number of hydrogen-bond acceptors (Lipinski definition) is 2. The van der Waals surface area contributed by atoms with Gasteiger partial charge >= 0.3 is 0 Å². The Bertz CT molecular complexity index is 273. The van der Waals surface area contributed by atoms with Gasteiger partial charge < -0.3 is 10.8 Å². The van der Waals surface area contributed by atoms with E-state index < -0.39 is 0 Å². The zero-order valence-electron chi connectivity index (χ0n) is 8.28. The fraction of sp³-hybridized carbons (Fsp3) is 0.455. The Labute approximate surface area is 93.3 Å². The van der Waals surface area contributed by atoms with Gasteiger partial charge in [-0.2, -0.15) is 0 Å². The number of aliphatic hydroxyl groups is 1. The molecular formula is C11H16BrNO. The van der Waals surface area contributed by atoms with Gasteiger partial charge in [0, 0.05) is 17.0 Å². The van der Waals surface area contributed by atoms with Crippen molar-refractivity contribution in [2.75, 3.05) is 13.2 Å². The highest BCUT2D eigenvalue weighted by molar-refractivity contribution is 9.10. The first-order valence-electron chi connectivity index (χ1n) is 4.75. The van der Waals surface area contributed by atoms with Crippen LogP contribution in [0.1, 0.15) is 18.4 Å². The number of nitrogens with two attached hydrogens (primary N) is 1. The van der Waals surface area contributed by atoms with E-state index in [1.807, 2.05) is 31.2 Å². The quantitative estimate of drug-likeness (QED) is 0.868. The molecule has 0 aliphatic rings. The lowest BCUT2D eigenvalue weighted by Gasteiger charge is -2.21. The van der Waals surface area contributed by atoms with Crippen LogP contribution in [0.4, 0.5) is 0 Å². The van der Waals surface area contributed by atoms with Gasteiger partial charge in [0.05, 0.1) is 0 Å². The number of aliphatic hydroxyl groups excluding tert-OH is 1. The van der Waals surface area contributed by atoms with Gasteiger partial charge in [-0.3, -0.25) is 0 Å². The Hall–Kier alpha value is -0.380. The third-order valence-corrected chi connectivity index (χ3v) is 3.06. The predicted octanol–water partition coefficient (Wildman–Crippen LogP) is 2.12. The van der Waals surface area contributed by atoms with Crippen LogP contribution in [0.25, 0.3) is 0 Å². The van der Waals surface area contributed by atoms with Gasteiger partial charge in [0.1, 0.15) is 0 Å². The maximum absolute atomic E-state index is 9.09. The van der Waals surface area contributed by atoms with Crippen LogP contribution in [-0.4, -0.2) is 18.3 Å². The van der Waals surface area contributed by atoms with E-state index in [0.717, 1.165) is 4.47 Å². The molecule has 0 fully saturated rings. The van der Waals surface area contributed by atoms with Gasteiger partial charge in [-0.1, -0.05) is 35.0 Å². The van der Waals surface area contributed by atoms with E-state index in [1.54, 1.807) is 0 Å². The number of halogens is 1. The molecule has 14 heavy (non-hydrogen) atoms. The van der Waals surface area contributed by atoms with Crippen molar-refractivity contribution < 1.29 is 5.11 Å². The minimum atomic E-state index is 0.179. The Morgan fingerprint density at radius 3 is 2.36 bits per heavy atom. The van der Waals surface area contributed by atoms with E-state index in [2.05, 4.69) is 15.9 Å². The average Bonchev–Trinajstić information content (AvgIpc) is 2.21. The molecule has 78 valence electrons. The fourth-order valence-corrected chi connectivity index (χ4v) is 1.80. The molecule has 0 saturated heterocycles. The summed E-state index contributed by atoms with van der Waals surface area (Å²) in [4.78, 5) is 0. The largest absolute Gasteiger partial charge is 0.396 e. The lowest BCUT2D eigenvalue weighted by atomic mass is 9.88. The molecule has 0 bridgehead atoms. The zero-order valence-corrected chi connectivity index (χ0v) is 9.87. The van der Waals surface area contributed by atoms with Crippen LogP contribution in [-0.2, 0) is 0 Å². The lowest BCUT2D eigenvalue weighted by molar-refractivity contribution is 0.217. The fourth-order valence-electron chi connectivity index (χ4n) is 1.53. The molecule has 3 heteroatoms. The molecule has 1 aromatic carbocycles. The summed E-state index contributed by atoms with van der Waals surface area (Å²) in [5.74, 6) is 0.453. The van der Waals surface area contributed by atoms with Gasteiger partial charge in [0.15, 0.2) is 0 Å². The summed E-state index contributed by atoms with van der Waals surface area (Å²) in [6, 6.07) is 8.10. The van der Waals surface area contributed by atoms with Crippen molar-refractivity contribution in [3.05, 3.63) is 34.3 Å². The highest BCUT2D eigenvalue weighted by atomic mass is 79.9. The Balaban J connectivity index is 2.84. The van der Waals surface area contributed by atoms with Crippen LogP contribution in [0, 0.1) is 5.92 Å². The SMILES string of the molecule is C[C@H](CO)[C@@H](CN)c1ccc(Br)cc1. The highest BCUT2D eigenvalue weighted by Gasteiger charge is 2.16. The van der Waals surface area contributed by atoms with E-state index in [9.17, 15) is 0 Å². The summed E-state index contributed by atoms with van der Waals surface area (Å²) >= 11 is 3.39. The minimum Gasteiger partial charge on any atom is -0.396 e. The third-order valence-electron chi connectivity index (χ3n) is 2.53. The predicted molar refractivity (Wildman–Crippen MR) is 62.2 cm³/mol. The van der Waals surface area contributed by atoms with Crippen LogP contribution in [0.15, 0.2) is 28.7 Å². The van der Waals surface area contributed by atoms with Gasteiger partial charge in [-0.05, 0) is 30.2 Å². The van der Waals surface area contributed by atoms with E-state index in [-0.39, 0.29) is 18.4 Å². The van der Waals surface area contributed by atoms with E-state index in [4.69, 9.17) is 10.8 Å². The first-order chi connectivity index (χ1) is 6.69. The highest BCUT2D eigenvalue weighted by Crippen LogP contribution is 2.24. The molecule has 0 aliphatic heterocycles. The molecule has 0 aliphatic carbocycles. The first-order valence-corrected chi connectivity index (χ1v) is 5.54. The van der Waals surface area contributed by atoms with Crippen molar-refractivity contribution in [3.63, 3.8) is 0 Å². The molecule has 0 aromatic heterocycles. The van der Waals surface area contributed by atoms with Crippen molar-refractivity contribution >= 4 is 15.9 Å². The van der Waals surface area contributed by atoms with Crippen molar-refractivity contribution in [2.24, 2.45) is 11.7 Å². The van der Waals surface area contributed by atoms with Crippen molar-refractivity contribution in [3.8, 4) is 0 Å². The smallest absolute Gasteiger partial charge is 0.0462 e. The maximum atomic E-state index is 9.09. The summed E-state index contributed by atoms with van der Waals surface area (Å²) in [6.07, 6.45) is 0. The second kappa shape index (κ2) is 5.49. The number of benzene rings is 1. The second-order valence-electron chi connectivity index (χ2n) is 3.55. The van der Waals surface area contributed by atoms with Gasteiger partial charge in [-0.15, -0.1) is 0 Å². The third kappa shape index (κ3) is 2.80. The Kier molecular flexibility index (Phi) is 4.58. The topological polar surface area (TPSA) is 46.2 Å². The standard InChI is InChI=1S/C11H16BrNO/c1-8(7-14)11(6-13)9-2-4-10(12)5-3-9/h2-5,8,11,14H,6-7,13H2,1H3/t8-,11-/m1/s1. The number of rotatable bonds is 4. The minimum absolute atomic E-state index is 0.179. The Morgan fingerprint density at radius 2 is 1.93 bits per heavy atom. The molecule has 0 radical (unpaired) electrons. The summed E-state index contributed by atoms with van der Waals surface area (Å²) in [5, 5.41) is 9.09. The normalized spacial score (nSPS) is 15.1.